The van der Waals surface area contributed by atoms with E-state index in [1.165, 1.54) is 0 Å². The summed E-state index contributed by atoms with van der Waals surface area (Å²) in [6.07, 6.45) is 8.74. The highest BCUT2D eigenvalue weighted by atomic mass is 16.5. The standard InChI is InChI=1S/C11H18N3O/c1-2-15-11-14-9-8-13(10-14)7-5-3-4-6-12/h8-10H,2-5,7,11H2,1H3/q+1. The molecular formula is C11H18N3O+. The van der Waals surface area contributed by atoms with Crippen LogP contribution in [0.15, 0.2) is 18.7 Å². The Morgan fingerprint density at radius 1 is 1.47 bits per heavy atom. The monoisotopic (exact) mass is 208 g/mol. The van der Waals surface area contributed by atoms with Gasteiger partial charge in [0.2, 0.25) is 6.33 Å². The summed E-state index contributed by atoms with van der Waals surface area (Å²) in [6.45, 7) is 4.31. The van der Waals surface area contributed by atoms with Crippen LogP contribution in [0.2, 0.25) is 0 Å². The molecule has 0 saturated carbocycles. The Labute approximate surface area is 90.7 Å². The van der Waals surface area contributed by atoms with E-state index >= 15 is 0 Å². The van der Waals surface area contributed by atoms with E-state index in [1.54, 1.807) is 0 Å². The fraction of sp³-hybridized carbons (Fsp3) is 0.636. The Kier molecular flexibility index (Phi) is 5.49. The molecule has 1 rings (SSSR count). The van der Waals surface area contributed by atoms with E-state index in [9.17, 15) is 0 Å². The third-order valence-electron chi connectivity index (χ3n) is 2.15. The first-order valence-corrected chi connectivity index (χ1v) is 5.36. The summed E-state index contributed by atoms with van der Waals surface area (Å²) >= 11 is 0. The summed E-state index contributed by atoms with van der Waals surface area (Å²) in [7, 11) is 0. The summed E-state index contributed by atoms with van der Waals surface area (Å²) in [6, 6.07) is 2.15. The smallest absolute Gasteiger partial charge is 0.245 e. The second-order valence-electron chi connectivity index (χ2n) is 3.40. The molecule has 0 unspecified atom stereocenters. The van der Waals surface area contributed by atoms with Gasteiger partial charge in [0.05, 0.1) is 12.6 Å². The number of nitrogens with zero attached hydrogens (tertiary/aromatic N) is 3. The third kappa shape index (κ3) is 4.61. The Morgan fingerprint density at radius 3 is 3.07 bits per heavy atom. The molecule has 1 heterocycles. The maximum atomic E-state index is 8.39. The van der Waals surface area contributed by atoms with E-state index in [2.05, 4.69) is 10.6 Å². The number of imidazole rings is 1. The number of hydrogen-bond donors (Lipinski definition) is 0. The lowest BCUT2D eigenvalue weighted by Gasteiger charge is -1.95. The summed E-state index contributed by atoms with van der Waals surface area (Å²) < 4.78 is 9.41. The first-order chi connectivity index (χ1) is 7.36. The molecule has 4 nitrogen and oxygen atoms in total. The van der Waals surface area contributed by atoms with Gasteiger partial charge in [-0.3, -0.25) is 0 Å². The van der Waals surface area contributed by atoms with Crippen LogP contribution in [-0.4, -0.2) is 11.2 Å². The molecule has 1 aromatic rings. The van der Waals surface area contributed by atoms with Crippen LogP contribution >= 0.6 is 0 Å². The fourth-order valence-corrected chi connectivity index (χ4v) is 1.34. The number of aryl methyl sites for hydroxylation is 1. The molecule has 0 atom stereocenters. The second kappa shape index (κ2) is 7.02. The molecule has 0 aliphatic carbocycles. The molecule has 15 heavy (non-hydrogen) atoms. The van der Waals surface area contributed by atoms with Crippen molar-refractivity contribution in [3.05, 3.63) is 18.7 Å². The van der Waals surface area contributed by atoms with Gasteiger partial charge >= 0.3 is 0 Å². The van der Waals surface area contributed by atoms with E-state index in [1.807, 2.05) is 30.2 Å². The van der Waals surface area contributed by atoms with Crippen molar-refractivity contribution in [2.45, 2.75) is 39.5 Å². The van der Waals surface area contributed by atoms with Gasteiger partial charge in [-0.1, -0.05) is 0 Å². The molecule has 0 aromatic carbocycles. The lowest BCUT2D eigenvalue weighted by Crippen LogP contribution is -2.32. The highest BCUT2D eigenvalue weighted by molar-refractivity contribution is 4.70. The predicted octanol–water partition coefficient (Wildman–Crippen LogP) is 1.46. The zero-order chi connectivity index (χ0) is 10.9. The SMILES string of the molecule is CCOC[n+]1ccn(CCCCC#N)c1. The van der Waals surface area contributed by atoms with Crippen molar-refractivity contribution in [2.24, 2.45) is 0 Å². The van der Waals surface area contributed by atoms with Crippen LogP contribution in [-0.2, 0) is 18.0 Å². The van der Waals surface area contributed by atoms with Crippen molar-refractivity contribution >= 4 is 0 Å². The van der Waals surface area contributed by atoms with Crippen molar-refractivity contribution in [3.8, 4) is 6.07 Å². The van der Waals surface area contributed by atoms with Crippen LogP contribution < -0.4 is 4.57 Å². The van der Waals surface area contributed by atoms with E-state index in [0.717, 1.165) is 26.0 Å². The highest BCUT2D eigenvalue weighted by Gasteiger charge is 2.02. The number of nitriles is 1. The molecule has 0 fully saturated rings. The zero-order valence-corrected chi connectivity index (χ0v) is 9.22. The number of rotatable bonds is 7. The molecule has 82 valence electrons. The Hall–Kier alpha value is -1.34. The molecule has 0 radical (unpaired) electrons. The lowest BCUT2D eigenvalue weighted by molar-refractivity contribution is -0.732. The van der Waals surface area contributed by atoms with E-state index in [4.69, 9.17) is 10.00 Å². The molecule has 0 spiro atoms. The molecule has 0 aliphatic rings. The predicted molar refractivity (Wildman–Crippen MR) is 55.7 cm³/mol. The van der Waals surface area contributed by atoms with Gasteiger partial charge < -0.3 is 4.74 Å². The average Bonchev–Trinajstić information content (AvgIpc) is 2.69. The van der Waals surface area contributed by atoms with Crippen LogP contribution in [0, 0.1) is 11.3 Å². The Morgan fingerprint density at radius 2 is 2.33 bits per heavy atom. The van der Waals surface area contributed by atoms with Crippen molar-refractivity contribution in [3.63, 3.8) is 0 Å². The molecule has 0 N–H and O–H groups in total. The lowest BCUT2D eigenvalue weighted by atomic mass is 10.2. The topological polar surface area (TPSA) is 41.8 Å². The largest absolute Gasteiger partial charge is 0.342 e. The quantitative estimate of drug-likeness (QED) is 0.503. The fourth-order valence-electron chi connectivity index (χ4n) is 1.34. The first kappa shape index (κ1) is 11.7. The number of aromatic nitrogens is 2. The minimum atomic E-state index is 0.613. The maximum absolute atomic E-state index is 8.39. The highest BCUT2D eigenvalue weighted by Crippen LogP contribution is 1.97. The minimum Gasteiger partial charge on any atom is -0.342 e. The third-order valence-corrected chi connectivity index (χ3v) is 2.15. The van der Waals surface area contributed by atoms with E-state index in [-0.39, 0.29) is 0 Å². The van der Waals surface area contributed by atoms with E-state index < -0.39 is 0 Å². The van der Waals surface area contributed by atoms with Crippen molar-refractivity contribution in [1.29, 1.82) is 5.26 Å². The van der Waals surface area contributed by atoms with Gasteiger partial charge in [0.25, 0.3) is 0 Å². The Balaban J connectivity index is 2.24. The van der Waals surface area contributed by atoms with Crippen LogP contribution in [0.1, 0.15) is 26.2 Å². The van der Waals surface area contributed by atoms with Crippen LogP contribution in [0.5, 0.6) is 0 Å². The summed E-state index contributed by atoms with van der Waals surface area (Å²) in [5.74, 6) is 0. The first-order valence-electron chi connectivity index (χ1n) is 5.36. The van der Waals surface area contributed by atoms with Gasteiger partial charge in [-0.15, -0.1) is 0 Å². The zero-order valence-electron chi connectivity index (χ0n) is 9.22. The second-order valence-corrected chi connectivity index (χ2v) is 3.40. The van der Waals surface area contributed by atoms with Crippen molar-refractivity contribution in [1.82, 2.24) is 4.57 Å². The number of ether oxygens (including phenoxy) is 1. The molecule has 4 heteroatoms. The van der Waals surface area contributed by atoms with Gasteiger partial charge in [0, 0.05) is 13.0 Å². The summed E-state index contributed by atoms with van der Waals surface area (Å²) in [5, 5.41) is 8.39. The van der Waals surface area contributed by atoms with Crippen molar-refractivity contribution < 1.29 is 9.30 Å². The molecule has 0 saturated heterocycles. The van der Waals surface area contributed by atoms with Crippen LogP contribution in [0.4, 0.5) is 0 Å². The molecule has 0 amide bonds. The number of hydrogen-bond acceptors (Lipinski definition) is 2. The van der Waals surface area contributed by atoms with Crippen LogP contribution in [0.25, 0.3) is 0 Å². The molecular weight excluding hydrogens is 190 g/mol. The minimum absolute atomic E-state index is 0.613. The molecule has 1 aromatic heterocycles. The van der Waals surface area contributed by atoms with Gasteiger partial charge in [-0.2, -0.15) is 5.26 Å². The van der Waals surface area contributed by atoms with Gasteiger partial charge in [-0.25, -0.2) is 9.13 Å². The molecule has 0 bridgehead atoms. The van der Waals surface area contributed by atoms with Crippen LogP contribution in [0.3, 0.4) is 0 Å². The summed E-state index contributed by atoms with van der Waals surface area (Å²) in [5.41, 5.74) is 0. The van der Waals surface area contributed by atoms with E-state index in [0.29, 0.717) is 13.2 Å². The van der Waals surface area contributed by atoms with Gasteiger partial charge in [-0.05, 0) is 19.8 Å². The maximum Gasteiger partial charge on any atom is 0.245 e. The van der Waals surface area contributed by atoms with Gasteiger partial charge in [0.15, 0.2) is 6.73 Å². The van der Waals surface area contributed by atoms with Crippen molar-refractivity contribution in [2.75, 3.05) is 6.61 Å². The average molecular weight is 208 g/mol. The summed E-state index contributed by atoms with van der Waals surface area (Å²) in [4.78, 5) is 0. The normalized spacial score (nSPS) is 10.1. The Bertz CT molecular complexity index is 314. The molecule has 0 aliphatic heterocycles. The van der Waals surface area contributed by atoms with Gasteiger partial charge in [0.1, 0.15) is 12.4 Å². The number of unbranched alkanes of at least 4 members (excludes halogenated alkanes) is 2.